The fraction of sp³-hybridized carbons (Fsp3) is 0.400. The van der Waals surface area contributed by atoms with Crippen LogP contribution in [0.5, 0.6) is 5.75 Å². The van der Waals surface area contributed by atoms with Gasteiger partial charge >= 0.3 is 6.36 Å². The lowest BCUT2D eigenvalue weighted by Gasteiger charge is -2.28. The third kappa shape index (κ3) is 4.97. The quantitative estimate of drug-likeness (QED) is 0.342. The van der Waals surface area contributed by atoms with Crippen LogP contribution in [0.15, 0.2) is 40.9 Å². The second-order valence-corrected chi connectivity index (χ2v) is 10.1. The van der Waals surface area contributed by atoms with Crippen molar-refractivity contribution in [3.8, 4) is 5.75 Å². The number of aryl methyl sites for hydroxylation is 2. The Morgan fingerprint density at radius 3 is 2.56 bits per heavy atom. The van der Waals surface area contributed by atoms with Crippen molar-refractivity contribution < 1.29 is 17.9 Å². The van der Waals surface area contributed by atoms with Crippen LogP contribution in [0.3, 0.4) is 0 Å². The van der Waals surface area contributed by atoms with E-state index in [1.807, 2.05) is 5.51 Å². The molecule has 0 aromatic carbocycles. The zero-order valence-corrected chi connectivity index (χ0v) is 20.6. The van der Waals surface area contributed by atoms with Crippen LogP contribution in [0, 0.1) is 13.8 Å². The van der Waals surface area contributed by atoms with Gasteiger partial charge in [0.1, 0.15) is 11.2 Å². The van der Waals surface area contributed by atoms with Crippen LogP contribution in [-0.4, -0.2) is 30.9 Å². The molecule has 0 spiro atoms. The minimum atomic E-state index is -4.88. The number of rotatable bonds is 5. The molecule has 0 atom stereocenters. The van der Waals surface area contributed by atoms with Gasteiger partial charge in [0.05, 0.1) is 23.4 Å². The topological polar surface area (TPSA) is 82.8 Å². The third-order valence-corrected chi connectivity index (χ3v) is 7.43. The standard InChI is InChI=1S/C25H24F3N5O2S/c1-14-11-30-19-10-18(16-5-7-17(8-6-16)22-15(2)36-13-31-22)24(34)33(23(19)32-14)12-20-21(4-3-9-29-20)35-25(26,27)28/h3-4,9-11,13,16-17H,5-8,12H2,1-2H3. The Labute approximate surface area is 209 Å². The van der Waals surface area contributed by atoms with Gasteiger partial charge < -0.3 is 4.74 Å². The molecule has 0 N–H and O–H groups in total. The van der Waals surface area contributed by atoms with E-state index in [9.17, 15) is 18.0 Å². The first-order chi connectivity index (χ1) is 17.2. The van der Waals surface area contributed by atoms with Crippen LogP contribution < -0.4 is 10.3 Å². The molecular formula is C25H24F3N5O2S. The summed E-state index contributed by atoms with van der Waals surface area (Å²) in [4.78, 5) is 32.5. The van der Waals surface area contributed by atoms with Crippen molar-refractivity contribution in [3.63, 3.8) is 0 Å². The van der Waals surface area contributed by atoms with Crippen molar-refractivity contribution in [3.05, 3.63) is 74.0 Å². The van der Waals surface area contributed by atoms with Gasteiger partial charge in [-0.2, -0.15) is 0 Å². The van der Waals surface area contributed by atoms with Gasteiger partial charge in [0.15, 0.2) is 11.4 Å². The molecule has 11 heteroatoms. The molecule has 0 amide bonds. The van der Waals surface area contributed by atoms with Crippen LogP contribution in [0.1, 0.15) is 65.0 Å². The lowest BCUT2D eigenvalue weighted by atomic mass is 9.77. The van der Waals surface area contributed by atoms with Crippen molar-refractivity contribution in [2.24, 2.45) is 0 Å². The Balaban J connectivity index is 1.52. The molecule has 4 aromatic heterocycles. The van der Waals surface area contributed by atoms with E-state index >= 15 is 0 Å². The Bertz CT molecular complexity index is 1460. The van der Waals surface area contributed by atoms with Crippen molar-refractivity contribution in [1.82, 2.24) is 24.5 Å². The van der Waals surface area contributed by atoms with Crippen molar-refractivity contribution in [1.29, 1.82) is 0 Å². The molecule has 7 nitrogen and oxygen atoms in total. The first-order valence-electron chi connectivity index (χ1n) is 11.7. The summed E-state index contributed by atoms with van der Waals surface area (Å²) < 4.78 is 44.4. The van der Waals surface area contributed by atoms with Crippen LogP contribution in [0.4, 0.5) is 13.2 Å². The molecule has 0 radical (unpaired) electrons. The molecule has 0 bridgehead atoms. The summed E-state index contributed by atoms with van der Waals surface area (Å²) in [5, 5.41) is 0. The van der Waals surface area contributed by atoms with E-state index in [-0.39, 0.29) is 23.7 Å². The molecule has 188 valence electrons. The summed E-state index contributed by atoms with van der Waals surface area (Å²) >= 11 is 1.64. The summed E-state index contributed by atoms with van der Waals surface area (Å²) in [6, 6.07) is 4.32. The highest BCUT2D eigenvalue weighted by molar-refractivity contribution is 7.09. The molecule has 5 rings (SSSR count). The highest BCUT2D eigenvalue weighted by Gasteiger charge is 2.33. The normalized spacial score (nSPS) is 18.5. The average molecular weight is 516 g/mol. The first kappa shape index (κ1) is 24.4. The molecule has 4 aromatic rings. The van der Waals surface area contributed by atoms with Gasteiger partial charge in [-0.25, -0.2) is 9.97 Å². The molecule has 1 fully saturated rings. The van der Waals surface area contributed by atoms with Crippen molar-refractivity contribution in [2.75, 3.05) is 0 Å². The summed E-state index contributed by atoms with van der Waals surface area (Å²) in [6.45, 7) is 3.60. The van der Waals surface area contributed by atoms with Crippen LogP contribution in [0.25, 0.3) is 11.2 Å². The number of hydrogen-bond acceptors (Lipinski definition) is 7. The molecule has 1 aliphatic rings. The minimum absolute atomic E-state index is 0.0126. The Morgan fingerprint density at radius 1 is 1.11 bits per heavy atom. The van der Waals surface area contributed by atoms with Gasteiger partial charge in [0, 0.05) is 28.8 Å². The number of halogens is 3. The number of aromatic nitrogens is 5. The summed E-state index contributed by atoms with van der Waals surface area (Å²) in [5.41, 5.74) is 4.72. The van der Waals surface area contributed by atoms with Gasteiger partial charge in [-0.3, -0.25) is 19.3 Å². The van der Waals surface area contributed by atoms with Crippen LogP contribution >= 0.6 is 11.3 Å². The highest BCUT2D eigenvalue weighted by atomic mass is 32.1. The van der Waals surface area contributed by atoms with Crippen molar-refractivity contribution in [2.45, 2.75) is 64.3 Å². The Kier molecular flexibility index (Phi) is 6.50. The monoisotopic (exact) mass is 515 g/mol. The first-order valence-corrected chi connectivity index (χ1v) is 12.5. The summed E-state index contributed by atoms with van der Waals surface area (Å²) in [5.74, 6) is -0.0653. The molecular weight excluding hydrogens is 491 g/mol. The zero-order chi connectivity index (χ0) is 25.4. The fourth-order valence-electron chi connectivity index (χ4n) is 4.97. The molecule has 4 heterocycles. The Hall–Kier alpha value is -3.34. The van der Waals surface area contributed by atoms with E-state index in [0.717, 1.165) is 31.4 Å². The van der Waals surface area contributed by atoms with Gasteiger partial charge in [-0.1, -0.05) is 0 Å². The van der Waals surface area contributed by atoms with E-state index < -0.39 is 12.1 Å². The second kappa shape index (κ2) is 9.61. The predicted molar refractivity (Wildman–Crippen MR) is 129 cm³/mol. The van der Waals surface area contributed by atoms with Crippen molar-refractivity contribution >= 4 is 22.5 Å². The third-order valence-electron chi connectivity index (χ3n) is 6.66. The molecule has 0 saturated heterocycles. The number of fused-ring (bicyclic) bond motifs is 1. The minimum Gasteiger partial charge on any atom is -0.404 e. The number of pyridine rings is 2. The average Bonchev–Trinajstić information content (AvgIpc) is 3.27. The van der Waals surface area contributed by atoms with Crippen LogP contribution in [-0.2, 0) is 6.54 Å². The smallest absolute Gasteiger partial charge is 0.404 e. The molecule has 1 saturated carbocycles. The summed E-state index contributed by atoms with van der Waals surface area (Å²) in [7, 11) is 0. The van der Waals surface area contributed by atoms with Crippen LogP contribution in [0.2, 0.25) is 0 Å². The fourth-order valence-corrected chi connectivity index (χ4v) is 5.63. The number of ether oxygens (including phenoxy) is 1. The van der Waals surface area contributed by atoms with Gasteiger partial charge in [-0.15, -0.1) is 24.5 Å². The van der Waals surface area contributed by atoms with E-state index in [1.54, 1.807) is 30.5 Å². The van der Waals surface area contributed by atoms with E-state index in [4.69, 9.17) is 0 Å². The lowest BCUT2D eigenvalue weighted by molar-refractivity contribution is -0.275. The molecule has 36 heavy (non-hydrogen) atoms. The molecule has 0 unspecified atom stereocenters. The highest BCUT2D eigenvalue weighted by Crippen LogP contribution is 2.41. The lowest BCUT2D eigenvalue weighted by Crippen LogP contribution is -2.29. The van der Waals surface area contributed by atoms with E-state index in [1.165, 1.54) is 27.8 Å². The number of nitrogens with zero attached hydrogens (tertiary/aromatic N) is 5. The van der Waals surface area contributed by atoms with Gasteiger partial charge in [-0.05, 0) is 63.6 Å². The molecule has 0 aliphatic heterocycles. The maximum atomic E-state index is 13.8. The predicted octanol–water partition coefficient (Wildman–Crippen LogP) is 5.65. The van der Waals surface area contributed by atoms with E-state index in [0.29, 0.717) is 28.3 Å². The second-order valence-electron chi connectivity index (χ2n) is 9.05. The molecule has 1 aliphatic carbocycles. The number of alkyl halides is 3. The van der Waals surface area contributed by atoms with Gasteiger partial charge in [0.25, 0.3) is 5.56 Å². The zero-order valence-electron chi connectivity index (χ0n) is 19.7. The summed E-state index contributed by atoms with van der Waals surface area (Å²) in [6.07, 6.45) is 1.56. The number of thiazole rings is 1. The largest absolute Gasteiger partial charge is 0.573 e. The Morgan fingerprint density at radius 2 is 1.86 bits per heavy atom. The maximum Gasteiger partial charge on any atom is 0.573 e. The maximum absolute atomic E-state index is 13.8. The number of hydrogen-bond donors (Lipinski definition) is 0. The van der Waals surface area contributed by atoms with E-state index in [2.05, 4.69) is 31.6 Å². The SMILES string of the molecule is Cc1cnc2cc(C3CCC(c4ncsc4C)CC3)c(=O)n(Cc3ncccc3OC(F)(F)F)c2n1. The van der Waals surface area contributed by atoms with Gasteiger partial charge in [0.2, 0.25) is 0 Å².